The molecule has 0 N–H and O–H groups in total. The number of rotatable bonds is 3. The Kier molecular flexibility index (Phi) is 2.13. The first-order valence-corrected chi connectivity index (χ1v) is 4.57. The summed E-state index contributed by atoms with van der Waals surface area (Å²) in [7, 11) is 3.37. The highest BCUT2D eigenvalue weighted by Crippen LogP contribution is 2.47. The van der Waals surface area contributed by atoms with Crippen LogP contribution in [0.2, 0.25) is 0 Å². The summed E-state index contributed by atoms with van der Waals surface area (Å²) in [6, 6.07) is 6.08. The van der Waals surface area contributed by atoms with E-state index < -0.39 is 0 Å². The molecule has 0 bridgehead atoms. The highest BCUT2D eigenvalue weighted by Gasteiger charge is 2.27. The Bertz CT molecular complexity index is 303. The van der Waals surface area contributed by atoms with Crippen LogP contribution in [0, 0.1) is 0 Å². The van der Waals surface area contributed by atoms with Crippen molar-refractivity contribution in [3.8, 4) is 11.5 Å². The quantitative estimate of drug-likeness (QED) is 0.708. The van der Waals surface area contributed by atoms with Gasteiger partial charge in [-0.1, -0.05) is 12.1 Å². The molecular weight excluding hydrogens is 164 g/mol. The molecule has 1 fully saturated rings. The van der Waals surface area contributed by atoms with Gasteiger partial charge in [0.25, 0.3) is 0 Å². The van der Waals surface area contributed by atoms with Gasteiger partial charge in [0.2, 0.25) is 0 Å². The molecule has 1 saturated carbocycles. The molecule has 0 saturated heterocycles. The highest BCUT2D eigenvalue weighted by atomic mass is 16.5. The third-order valence-electron chi connectivity index (χ3n) is 2.45. The molecular formula is C11H14O2. The summed E-state index contributed by atoms with van der Waals surface area (Å²) in [5.74, 6) is 2.45. The molecule has 70 valence electrons. The summed E-state index contributed by atoms with van der Waals surface area (Å²) in [6.07, 6.45) is 2.56. The second-order valence-corrected chi connectivity index (χ2v) is 3.36. The standard InChI is InChI=1S/C11H14O2/c1-12-10-5-3-4-9(8-6-7-8)11(10)13-2/h3-5,8H,6-7H2,1-2H3. The summed E-state index contributed by atoms with van der Waals surface area (Å²) in [4.78, 5) is 0. The van der Waals surface area contributed by atoms with Gasteiger partial charge in [0.1, 0.15) is 0 Å². The average molecular weight is 178 g/mol. The number of benzene rings is 1. The maximum Gasteiger partial charge on any atom is 0.164 e. The van der Waals surface area contributed by atoms with Gasteiger partial charge < -0.3 is 9.47 Å². The Balaban J connectivity index is 2.41. The van der Waals surface area contributed by atoms with Crippen LogP contribution >= 0.6 is 0 Å². The predicted octanol–water partition coefficient (Wildman–Crippen LogP) is 2.58. The fourth-order valence-electron chi connectivity index (χ4n) is 1.63. The molecule has 2 rings (SSSR count). The zero-order valence-corrected chi connectivity index (χ0v) is 8.04. The number of hydrogen-bond donors (Lipinski definition) is 0. The third-order valence-corrected chi connectivity index (χ3v) is 2.45. The molecule has 0 aromatic heterocycles. The summed E-state index contributed by atoms with van der Waals surface area (Å²) < 4.78 is 10.6. The van der Waals surface area contributed by atoms with Crippen molar-refractivity contribution in [3.05, 3.63) is 23.8 Å². The van der Waals surface area contributed by atoms with Crippen LogP contribution in [0.4, 0.5) is 0 Å². The molecule has 1 aliphatic carbocycles. The zero-order chi connectivity index (χ0) is 9.26. The first-order valence-electron chi connectivity index (χ1n) is 4.57. The van der Waals surface area contributed by atoms with E-state index in [0.29, 0.717) is 5.92 Å². The van der Waals surface area contributed by atoms with Gasteiger partial charge in [-0.05, 0) is 24.8 Å². The summed E-state index contributed by atoms with van der Waals surface area (Å²) in [5.41, 5.74) is 1.29. The summed E-state index contributed by atoms with van der Waals surface area (Å²) in [6.45, 7) is 0. The fraction of sp³-hybridized carbons (Fsp3) is 0.455. The topological polar surface area (TPSA) is 18.5 Å². The lowest BCUT2D eigenvalue weighted by molar-refractivity contribution is 0.351. The van der Waals surface area contributed by atoms with Crippen LogP contribution in [-0.4, -0.2) is 14.2 Å². The molecule has 0 unspecified atom stereocenters. The lowest BCUT2D eigenvalue weighted by Crippen LogP contribution is -1.94. The second-order valence-electron chi connectivity index (χ2n) is 3.36. The van der Waals surface area contributed by atoms with Crippen LogP contribution in [0.25, 0.3) is 0 Å². The van der Waals surface area contributed by atoms with Crippen LogP contribution in [0.15, 0.2) is 18.2 Å². The lowest BCUT2D eigenvalue weighted by Gasteiger charge is -2.11. The van der Waals surface area contributed by atoms with Gasteiger partial charge in [-0.3, -0.25) is 0 Å². The van der Waals surface area contributed by atoms with Crippen molar-refractivity contribution in [1.29, 1.82) is 0 Å². The first-order chi connectivity index (χ1) is 6.36. The highest BCUT2D eigenvalue weighted by molar-refractivity contribution is 5.49. The first kappa shape index (κ1) is 8.42. The largest absolute Gasteiger partial charge is 0.493 e. The van der Waals surface area contributed by atoms with Crippen LogP contribution < -0.4 is 9.47 Å². The molecule has 0 heterocycles. The van der Waals surface area contributed by atoms with Gasteiger partial charge in [0.15, 0.2) is 11.5 Å². The molecule has 1 aliphatic rings. The van der Waals surface area contributed by atoms with E-state index in [1.807, 2.05) is 12.1 Å². The Hall–Kier alpha value is -1.18. The van der Waals surface area contributed by atoms with Crippen molar-refractivity contribution in [2.45, 2.75) is 18.8 Å². The lowest BCUT2D eigenvalue weighted by atomic mass is 10.1. The molecule has 0 atom stereocenters. The van der Waals surface area contributed by atoms with Crippen molar-refractivity contribution < 1.29 is 9.47 Å². The Morgan fingerprint density at radius 2 is 1.92 bits per heavy atom. The van der Waals surface area contributed by atoms with Crippen LogP contribution in [0.3, 0.4) is 0 Å². The maximum atomic E-state index is 5.34. The van der Waals surface area contributed by atoms with Gasteiger partial charge in [0, 0.05) is 5.56 Å². The number of methoxy groups -OCH3 is 2. The normalized spacial score (nSPS) is 15.5. The second kappa shape index (κ2) is 3.29. The fourth-order valence-corrected chi connectivity index (χ4v) is 1.63. The van der Waals surface area contributed by atoms with Gasteiger partial charge in [-0.2, -0.15) is 0 Å². The van der Waals surface area contributed by atoms with Gasteiger partial charge in [0.05, 0.1) is 14.2 Å². The Morgan fingerprint density at radius 1 is 1.15 bits per heavy atom. The molecule has 1 aromatic carbocycles. The van der Waals surface area contributed by atoms with Crippen molar-refractivity contribution in [2.24, 2.45) is 0 Å². The predicted molar refractivity (Wildman–Crippen MR) is 51.5 cm³/mol. The monoisotopic (exact) mass is 178 g/mol. The molecule has 0 spiro atoms. The molecule has 0 aliphatic heterocycles. The van der Waals surface area contributed by atoms with Gasteiger partial charge in [-0.15, -0.1) is 0 Å². The average Bonchev–Trinajstić information content (AvgIpc) is 2.99. The minimum atomic E-state index is 0.699. The van der Waals surface area contributed by atoms with Crippen LogP contribution in [0.1, 0.15) is 24.3 Å². The Morgan fingerprint density at radius 3 is 2.46 bits per heavy atom. The van der Waals surface area contributed by atoms with E-state index in [1.54, 1.807) is 14.2 Å². The Labute approximate surface area is 78.5 Å². The molecule has 2 nitrogen and oxygen atoms in total. The van der Waals surface area contributed by atoms with E-state index in [0.717, 1.165) is 11.5 Å². The SMILES string of the molecule is COc1cccc(C2CC2)c1OC. The molecule has 0 amide bonds. The summed E-state index contributed by atoms with van der Waals surface area (Å²) >= 11 is 0. The minimum Gasteiger partial charge on any atom is -0.493 e. The number of ether oxygens (including phenoxy) is 2. The van der Waals surface area contributed by atoms with E-state index in [-0.39, 0.29) is 0 Å². The van der Waals surface area contributed by atoms with Crippen LogP contribution in [-0.2, 0) is 0 Å². The van der Waals surface area contributed by atoms with E-state index in [4.69, 9.17) is 9.47 Å². The van der Waals surface area contributed by atoms with Crippen molar-refractivity contribution >= 4 is 0 Å². The van der Waals surface area contributed by atoms with Gasteiger partial charge >= 0.3 is 0 Å². The van der Waals surface area contributed by atoms with Crippen molar-refractivity contribution in [2.75, 3.05) is 14.2 Å². The van der Waals surface area contributed by atoms with Gasteiger partial charge in [-0.25, -0.2) is 0 Å². The van der Waals surface area contributed by atoms with E-state index in [2.05, 4.69) is 6.07 Å². The molecule has 0 radical (unpaired) electrons. The summed E-state index contributed by atoms with van der Waals surface area (Å²) in [5, 5.41) is 0. The third kappa shape index (κ3) is 1.48. The molecule has 1 aromatic rings. The number of hydrogen-bond acceptors (Lipinski definition) is 2. The molecule has 2 heteroatoms. The minimum absolute atomic E-state index is 0.699. The zero-order valence-electron chi connectivity index (χ0n) is 8.04. The van der Waals surface area contributed by atoms with E-state index >= 15 is 0 Å². The number of para-hydroxylation sites is 1. The maximum absolute atomic E-state index is 5.34. The van der Waals surface area contributed by atoms with E-state index in [1.165, 1.54) is 18.4 Å². The van der Waals surface area contributed by atoms with Crippen molar-refractivity contribution in [1.82, 2.24) is 0 Å². The van der Waals surface area contributed by atoms with Crippen molar-refractivity contribution in [3.63, 3.8) is 0 Å². The smallest absolute Gasteiger partial charge is 0.164 e. The molecule has 13 heavy (non-hydrogen) atoms. The van der Waals surface area contributed by atoms with Crippen LogP contribution in [0.5, 0.6) is 11.5 Å². The van der Waals surface area contributed by atoms with E-state index in [9.17, 15) is 0 Å².